The van der Waals surface area contributed by atoms with Crippen LogP contribution in [0.15, 0.2) is 0 Å². The summed E-state index contributed by atoms with van der Waals surface area (Å²) >= 11 is 0. The minimum atomic E-state index is -1.12. The summed E-state index contributed by atoms with van der Waals surface area (Å²) in [4.78, 5) is 24.1. The molecule has 4 atom stereocenters. The topological polar surface area (TPSA) is 65.1 Å². The Kier molecular flexibility index (Phi) is 3.47. The van der Waals surface area contributed by atoms with Gasteiger partial charge >= 0.3 is 5.97 Å². The first-order valence-corrected chi connectivity index (χ1v) is 6.29. The average molecular weight is 256 g/mol. The largest absolute Gasteiger partial charge is 0.462 e. The third-order valence-corrected chi connectivity index (χ3v) is 3.76. The van der Waals surface area contributed by atoms with Crippen molar-refractivity contribution in [2.24, 2.45) is 5.41 Å². The summed E-state index contributed by atoms with van der Waals surface area (Å²) in [6.07, 6.45) is 0.324. The van der Waals surface area contributed by atoms with Gasteiger partial charge in [0.25, 0.3) is 0 Å². The number of methoxy groups -OCH3 is 1. The molecule has 0 saturated carbocycles. The number of fused-ring (bicyclic) bond motifs is 1. The van der Waals surface area contributed by atoms with Crippen molar-refractivity contribution >= 4 is 11.8 Å². The summed E-state index contributed by atoms with van der Waals surface area (Å²) in [5.74, 6) is -0.628. The molecule has 0 aromatic carbocycles. The van der Waals surface area contributed by atoms with E-state index in [2.05, 4.69) is 0 Å². The molecule has 2 aliphatic heterocycles. The molecule has 5 nitrogen and oxygen atoms in total. The van der Waals surface area contributed by atoms with E-state index in [1.165, 1.54) is 0 Å². The first-order chi connectivity index (χ1) is 8.36. The zero-order chi connectivity index (χ0) is 13.5. The Bertz CT molecular complexity index is 362. The average Bonchev–Trinajstić information content (AvgIpc) is 3.03. The van der Waals surface area contributed by atoms with Crippen molar-refractivity contribution in [1.82, 2.24) is 0 Å². The Hall–Kier alpha value is -0.940. The van der Waals surface area contributed by atoms with Crippen LogP contribution >= 0.6 is 0 Å². The van der Waals surface area contributed by atoms with Gasteiger partial charge in [-0.2, -0.15) is 0 Å². The van der Waals surface area contributed by atoms with E-state index in [9.17, 15) is 9.59 Å². The van der Waals surface area contributed by atoms with Gasteiger partial charge in [-0.15, -0.1) is 0 Å². The molecule has 0 bridgehead atoms. The van der Waals surface area contributed by atoms with E-state index in [1.807, 2.05) is 6.92 Å². The molecule has 102 valence electrons. The Morgan fingerprint density at radius 2 is 2.00 bits per heavy atom. The number of carbonyl (C=O) groups is 2. The molecule has 2 fully saturated rings. The van der Waals surface area contributed by atoms with Gasteiger partial charge in [-0.25, -0.2) is 0 Å². The number of Topliss-reactive ketones (excluding diaryl/α,β-unsaturated/α-hetero) is 1. The molecule has 18 heavy (non-hydrogen) atoms. The molecule has 5 heteroatoms. The summed E-state index contributed by atoms with van der Waals surface area (Å²) < 4.78 is 16.1. The fourth-order valence-corrected chi connectivity index (χ4v) is 2.26. The molecular formula is C13H20O5. The highest BCUT2D eigenvalue weighted by molar-refractivity contribution is 6.03. The number of carbonyl (C=O) groups excluding carboxylic acids is 2. The molecule has 0 spiro atoms. The van der Waals surface area contributed by atoms with Crippen molar-refractivity contribution in [3.05, 3.63) is 0 Å². The number of cyclic esters (lactones) is 1. The second-order valence-electron chi connectivity index (χ2n) is 5.62. The highest BCUT2D eigenvalue weighted by Crippen LogP contribution is 2.36. The Morgan fingerprint density at radius 1 is 1.33 bits per heavy atom. The number of esters is 1. The number of rotatable bonds is 1. The van der Waals surface area contributed by atoms with Crippen molar-refractivity contribution in [1.29, 1.82) is 0 Å². The molecule has 0 amide bonds. The second kappa shape index (κ2) is 4.63. The van der Waals surface area contributed by atoms with Gasteiger partial charge in [0.05, 0.1) is 12.2 Å². The van der Waals surface area contributed by atoms with E-state index in [-0.39, 0.29) is 36.6 Å². The van der Waals surface area contributed by atoms with Crippen molar-refractivity contribution in [3.63, 3.8) is 0 Å². The molecule has 0 aromatic rings. The standard InChI is InChI=1S/C13H20O5/c1-7-5-9-11(18-9)8(16-4)6-10(14)13(2,3)12(15)17-7/h7-9,11H,5-6H2,1-4H3. The van der Waals surface area contributed by atoms with Crippen molar-refractivity contribution in [2.75, 3.05) is 7.11 Å². The van der Waals surface area contributed by atoms with E-state index in [1.54, 1.807) is 21.0 Å². The zero-order valence-corrected chi connectivity index (χ0v) is 11.3. The number of ketones is 1. The van der Waals surface area contributed by atoms with Crippen LogP contribution in [0, 0.1) is 5.41 Å². The van der Waals surface area contributed by atoms with Gasteiger partial charge in [0, 0.05) is 20.0 Å². The maximum absolute atomic E-state index is 12.2. The molecule has 2 saturated heterocycles. The second-order valence-corrected chi connectivity index (χ2v) is 5.62. The first kappa shape index (κ1) is 13.5. The summed E-state index contributed by atoms with van der Waals surface area (Å²) in [7, 11) is 1.57. The third kappa shape index (κ3) is 2.42. The Balaban J connectivity index is 2.19. The van der Waals surface area contributed by atoms with E-state index in [4.69, 9.17) is 14.2 Å². The van der Waals surface area contributed by atoms with Gasteiger partial charge in [0.2, 0.25) is 0 Å². The van der Waals surface area contributed by atoms with Gasteiger partial charge in [-0.3, -0.25) is 9.59 Å². The number of hydrogen-bond donors (Lipinski definition) is 0. The van der Waals surface area contributed by atoms with E-state index >= 15 is 0 Å². The molecule has 0 aromatic heterocycles. The predicted octanol–water partition coefficient (Wildman–Crippen LogP) is 1.09. The first-order valence-electron chi connectivity index (χ1n) is 6.29. The zero-order valence-electron chi connectivity index (χ0n) is 11.3. The maximum atomic E-state index is 12.2. The lowest BCUT2D eigenvalue weighted by Gasteiger charge is -2.26. The molecular weight excluding hydrogens is 236 g/mol. The van der Waals surface area contributed by atoms with Crippen LogP contribution in [0.3, 0.4) is 0 Å². The smallest absolute Gasteiger partial charge is 0.319 e. The van der Waals surface area contributed by atoms with Crippen molar-refractivity contribution in [2.45, 2.75) is 58.0 Å². The van der Waals surface area contributed by atoms with Crippen molar-refractivity contribution < 1.29 is 23.8 Å². The normalized spacial score (nSPS) is 39.8. The third-order valence-electron chi connectivity index (χ3n) is 3.76. The van der Waals surface area contributed by atoms with Crippen LogP contribution in [0.2, 0.25) is 0 Å². The van der Waals surface area contributed by atoms with Crippen molar-refractivity contribution in [3.8, 4) is 0 Å². The van der Waals surface area contributed by atoms with Gasteiger partial charge in [-0.1, -0.05) is 0 Å². The molecule has 2 heterocycles. The van der Waals surface area contributed by atoms with Gasteiger partial charge in [-0.05, 0) is 20.8 Å². The minimum Gasteiger partial charge on any atom is -0.462 e. The molecule has 0 radical (unpaired) electrons. The lowest BCUT2D eigenvalue weighted by molar-refractivity contribution is -0.163. The van der Waals surface area contributed by atoms with Gasteiger partial charge in [0.15, 0.2) is 5.78 Å². The predicted molar refractivity (Wildman–Crippen MR) is 63.0 cm³/mol. The van der Waals surface area contributed by atoms with Crippen LogP contribution in [-0.2, 0) is 23.8 Å². The summed E-state index contributed by atoms with van der Waals surface area (Å²) in [6, 6.07) is 0. The highest BCUT2D eigenvalue weighted by Gasteiger charge is 2.50. The lowest BCUT2D eigenvalue weighted by Crippen LogP contribution is -2.41. The van der Waals surface area contributed by atoms with E-state index in [0.717, 1.165) is 0 Å². The van der Waals surface area contributed by atoms with Crippen LogP contribution in [0.4, 0.5) is 0 Å². The summed E-state index contributed by atoms with van der Waals surface area (Å²) in [5, 5.41) is 0. The minimum absolute atomic E-state index is 0.0340. The number of epoxide rings is 1. The molecule has 0 N–H and O–H groups in total. The quantitative estimate of drug-likeness (QED) is 0.399. The van der Waals surface area contributed by atoms with Gasteiger partial charge in [0.1, 0.15) is 17.6 Å². The van der Waals surface area contributed by atoms with Gasteiger partial charge < -0.3 is 14.2 Å². The molecule has 2 rings (SSSR count). The van der Waals surface area contributed by atoms with Crippen LogP contribution in [0.1, 0.15) is 33.6 Å². The maximum Gasteiger partial charge on any atom is 0.319 e. The number of hydrogen-bond acceptors (Lipinski definition) is 5. The summed E-state index contributed by atoms with van der Waals surface area (Å²) in [5.41, 5.74) is -1.12. The fourth-order valence-electron chi connectivity index (χ4n) is 2.26. The molecule has 2 aliphatic rings. The van der Waals surface area contributed by atoms with E-state index < -0.39 is 11.4 Å². The lowest BCUT2D eigenvalue weighted by atomic mass is 9.84. The SMILES string of the molecule is COC1CC(=O)C(C)(C)C(=O)OC(C)CC2OC12. The molecule has 0 aliphatic carbocycles. The van der Waals surface area contributed by atoms with Crippen LogP contribution in [-0.4, -0.2) is 43.3 Å². The monoisotopic (exact) mass is 256 g/mol. The number of ether oxygens (including phenoxy) is 3. The summed E-state index contributed by atoms with van der Waals surface area (Å²) in [6.45, 7) is 5.02. The Labute approximate surface area is 107 Å². The van der Waals surface area contributed by atoms with Crippen LogP contribution in [0.25, 0.3) is 0 Å². The molecule has 4 unspecified atom stereocenters. The van der Waals surface area contributed by atoms with Crippen LogP contribution in [0.5, 0.6) is 0 Å². The fraction of sp³-hybridized carbons (Fsp3) is 0.846. The van der Waals surface area contributed by atoms with Crippen LogP contribution < -0.4 is 0 Å². The highest BCUT2D eigenvalue weighted by atomic mass is 16.6. The van der Waals surface area contributed by atoms with E-state index in [0.29, 0.717) is 6.42 Å². The Morgan fingerprint density at radius 3 is 2.61 bits per heavy atom.